The standard InChI is InChI=1S/C9H13N.C8H11N/c1-8-4-6-9(7-5-8)10(2)3;1-9(2)8-6-4-3-5-7-8/h4-7H,1-3H3;3-7H,1-2H3. The number of anilines is 2. The molecule has 2 rings (SSSR count). The second-order valence-electron chi connectivity index (χ2n) is 4.96. The smallest absolute Gasteiger partial charge is 0.0361 e. The lowest BCUT2D eigenvalue weighted by Gasteiger charge is -2.11. The third kappa shape index (κ3) is 5.47. The molecule has 19 heavy (non-hydrogen) atoms. The summed E-state index contributed by atoms with van der Waals surface area (Å²) in [4.78, 5) is 4.18. The second-order valence-corrected chi connectivity index (χ2v) is 4.96. The van der Waals surface area contributed by atoms with Gasteiger partial charge in [-0.1, -0.05) is 35.9 Å². The quantitative estimate of drug-likeness (QED) is 0.806. The van der Waals surface area contributed by atoms with Gasteiger partial charge >= 0.3 is 0 Å². The van der Waals surface area contributed by atoms with E-state index in [1.807, 2.05) is 46.4 Å². The minimum absolute atomic E-state index is 1.25. The van der Waals surface area contributed by atoms with Gasteiger partial charge in [-0.3, -0.25) is 0 Å². The van der Waals surface area contributed by atoms with Crippen molar-refractivity contribution in [3.8, 4) is 0 Å². The molecule has 0 N–H and O–H groups in total. The zero-order valence-electron chi connectivity index (χ0n) is 12.6. The summed E-state index contributed by atoms with van der Waals surface area (Å²) in [5.41, 5.74) is 3.81. The fraction of sp³-hybridized carbons (Fsp3) is 0.294. The number of para-hydroxylation sites is 1. The van der Waals surface area contributed by atoms with Crippen LogP contribution in [0.3, 0.4) is 0 Å². The van der Waals surface area contributed by atoms with E-state index in [4.69, 9.17) is 0 Å². The molecule has 0 amide bonds. The van der Waals surface area contributed by atoms with Crippen LogP contribution in [0.5, 0.6) is 0 Å². The van der Waals surface area contributed by atoms with Gasteiger partial charge in [0, 0.05) is 39.6 Å². The number of aryl methyl sites for hydroxylation is 1. The summed E-state index contributed by atoms with van der Waals surface area (Å²) in [5, 5.41) is 0. The van der Waals surface area contributed by atoms with Gasteiger partial charge in [0.2, 0.25) is 0 Å². The van der Waals surface area contributed by atoms with Crippen molar-refractivity contribution in [3.05, 3.63) is 60.2 Å². The Balaban J connectivity index is 0.000000191. The van der Waals surface area contributed by atoms with E-state index in [9.17, 15) is 0 Å². The Morgan fingerprint density at radius 3 is 1.37 bits per heavy atom. The summed E-state index contributed by atoms with van der Waals surface area (Å²) in [6.07, 6.45) is 0. The molecule has 0 heterocycles. The molecule has 2 nitrogen and oxygen atoms in total. The molecule has 102 valence electrons. The van der Waals surface area contributed by atoms with Crippen molar-refractivity contribution in [2.24, 2.45) is 0 Å². The van der Waals surface area contributed by atoms with Crippen LogP contribution in [0.1, 0.15) is 5.56 Å². The Morgan fingerprint density at radius 2 is 1.00 bits per heavy atom. The molecule has 0 saturated carbocycles. The zero-order valence-corrected chi connectivity index (χ0v) is 12.6. The number of nitrogens with zero attached hydrogens (tertiary/aromatic N) is 2. The van der Waals surface area contributed by atoms with E-state index in [0.717, 1.165) is 0 Å². The van der Waals surface area contributed by atoms with Crippen LogP contribution in [0.15, 0.2) is 54.6 Å². The van der Waals surface area contributed by atoms with Gasteiger partial charge in [-0.2, -0.15) is 0 Å². The van der Waals surface area contributed by atoms with Gasteiger partial charge in [-0.15, -0.1) is 0 Å². The van der Waals surface area contributed by atoms with E-state index >= 15 is 0 Å². The largest absolute Gasteiger partial charge is 0.378 e. The highest BCUT2D eigenvalue weighted by molar-refractivity contribution is 5.45. The number of rotatable bonds is 2. The third-order valence-electron chi connectivity index (χ3n) is 2.82. The normalized spacial score (nSPS) is 9.32. The maximum absolute atomic E-state index is 2.12. The first kappa shape index (κ1) is 15.1. The SMILES string of the molecule is CN(C)c1ccccc1.Cc1ccc(N(C)C)cc1. The summed E-state index contributed by atoms with van der Waals surface area (Å²) in [6.45, 7) is 2.10. The summed E-state index contributed by atoms with van der Waals surface area (Å²) >= 11 is 0. The molecule has 0 unspecified atom stereocenters. The van der Waals surface area contributed by atoms with Gasteiger partial charge in [-0.25, -0.2) is 0 Å². The highest BCUT2D eigenvalue weighted by Gasteiger charge is 1.90. The molecule has 0 atom stereocenters. The van der Waals surface area contributed by atoms with Crippen LogP contribution in [0.25, 0.3) is 0 Å². The Hall–Kier alpha value is -1.96. The first-order valence-corrected chi connectivity index (χ1v) is 6.47. The highest BCUT2D eigenvalue weighted by Crippen LogP contribution is 2.10. The fourth-order valence-electron chi connectivity index (χ4n) is 1.57. The minimum atomic E-state index is 1.25. The van der Waals surface area contributed by atoms with Crippen molar-refractivity contribution in [3.63, 3.8) is 0 Å². The Morgan fingerprint density at radius 1 is 0.579 bits per heavy atom. The van der Waals surface area contributed by atoms with Crippen molar-refractivity contribution >= 4 is 11.4 Å². The van der Waals surface area contributed by atoms with E-state index in [1.165, 1.54) is 16.9 Å². The predicted octanol–water partition coefficient (Wildman–Crippen LogP) is 3.81. The number of hydrogen-bond donors (Lipinski definition) is 0. The summed E-state index contributed by atoms with van der Waals surface area (Å²) in [5.74, 6) is 0. The van der Waals surface area contributed by atoms with Gasteiger partial charge < -0.3 is 9.80 Å². The molecule has 0 radical (unpaired) electrons. The van der Waals surface area contributed by atoms with Crippen LogP contribution < -0.4 is 9.80 Å². The minimum Gasteiger partial charge on any atom is -0.378 e. The molecule has 0 fully saturated rings. The maximum Gasteiger partial charge on any atom is 0.0361 e. The van der Waals surface area contributed by atoms with Crippen LogP contribution in [0, 0.1) is 6.92 Å². The summed E-state index contributed by atoms with van der Waals surface area (Å²) < 4.78 is 0. The van der Waals surface area contributed by atoms with Crippen molar-refractivity contribution in [2.45, 2.75) is 6.92 Å². The van der Waals surface area contributed by atoms with E-state index in [1.54, 1.807) is 0 Å². The lowest BCUT2D eigenvalue weighted by atomic mass is 10.2. The van der Waals surface area contributed by atoms with Crippen LogP contribution in [-0.4, -0.2) is 28.2 Å². The first-order valence-electron chi connectivity index (χ1n) is 6.47. The van der Waals surface area contributed by atoms with E-state index in [-0.39, 0.29) is 0 Å². The Labute approximate surface area is 117 Å². The van der Waals surface area contributed by atoms with Crippen molar-refractivity contribution in [2.75, 3.05) is 38.0 Å². The van der Waals surface area contributed by atoms with Crippen LogP contribution >= 0.6 is 0 Å². The molecule has 0 spiro atoms. The van der Waals surface area contributed by atoms with Gasteiger partial charge in [-0.05, 0) is 31.2 Å². The molecule has 0 aliphatic heterocycles. The molecule has 0 aliphatic rings. The Bertz CT molecular complexity index is 458. The molecule has 0 aromatic heterocycles. The molecule has 2 aromatic carbocycles. The van der Waals surface area contributed by atoms with E-state index in [0.29, 0.717) is 0 Å². The molecular weight excluding hydrogens is 232 g/mol. The second kappa shape index (κ2) is 7.47. The van der Waals surface area contributed by atoms with Crippen molar-refractivity contribution < 1.29 is 0 Å². The van der Waals surface area contributed by atoms with Gasteiger partial charge in [0.1, 0.15) is 0 Å². The topological polar surface area (TPSA) is 6.48 Å². The van der Waals surface area contributed by atoms with Gasteiger partial charge in [0.15, 0.2) is 0 Å². The molecule has 0 aliphatic carbocycles. The van der Waals surface area contributed by atoms with Gasteiger partial charge in [0.05, 0.1) is 0 Å². The average molecular weight is 256 g/mol. The zero-order chi connectivity index (χ0) is 14.3. The predicted molar refractivity (Wildman–Crippen MR) is 86.3 cm³/mol. The Kier molecular flexibility index (Phi) is 5.94. The number of hydrogen-bond acceptors (Lipinski definition) is 2. The van der Waals surface area contributed by atoms with E-state index in [2.05, 4.69) is 53.1 Å². The maximum atomic E-state index is 2.12. The monoisotopic (exact) mass is 256 g/mol. The van der Waals surface area contributed by atoms with Crippen molar-refractivity contribution in [1.82, 2.24) is 0 Å². The average Bonchev–Trinajstić information content (AvgIpc) is 2.41. The van der Waals surface area contributed by atoms with E-state index < -0.39 is 0 Å². The number of benzene rings is 2. The van der Waals surface area contributed by atoms with Crippen LogP contribution in [-0.2, 0) is 0 Å². The van der Waals surface area contributed by atoms with Crippen molar-refractivity contribution in [1.29, 1.82) is 0 Å². The summed E-state index contributed by atoms with van der Waals surface area (Å²) in [6, 6.07) is 18.7. The van der Waals surface area contributed by atoms with Gasteiger partial charge in [0.25, 0.3) is 0 Å². The molecule has 2 heteroatoms. The molecule has 2 aromatic rings. The van der Waals surface area contributed by atoms with Crippen LogP contribution in [0.2, 0.25) is 0 Å². The molecule has 0 saturated heterocycles. The highest BCUT2D eigenvalue weighted by atomic mass is 15.1. The fourth-order valence-corrected chi connectivity index (χ4v) is 1.57. The first-order chi connectivity index (χ1) is 9.00. The molecule has 0 bridgehead atoms. The van der Waals surface area contributed by atoms with Crippen LogP contribution in [0.4, 0.5) is 11.4 Å². The molecular formula is C17H24N2. The third-order valence-corrected chi connectivity index (χ3v) is 2.82. The lowest BCUT2D eigenvalue weighted by Crippen LogP contribution is -2.07. The lowest BCUT2D eigenvalue weighted by molar-refractivity contribution is 1.13. The summed E-state index contributed by atoms with van der Waals surface area (Å²) in [7, 11) is 8.17.